The van der Waals surface area contributed by atoms with Gasteiger partial charge in [-0.05, 0) is 36.6 Å². The van der Waals surface area contributed by atoms with Gasteiger partial charge in [-0.25, -0.2) is 4.39 Å². The molecule has 84 valence electrons. The highest BCUT2D eigenvalue weighted by atomic mass is 19.1. The summed E-state index contributed by atoms with van der Waals surface area (Å²) >= 11 is 0. The summed E-state index contributed by atoms with van der Waals surface area (Å²) in [4.78, 5) is 23.2. The molecule has 4 heteroatoms. The minimum Gasteiger partial charge on any atom is -0.468 e. The van der Waals surface area contributed by atoms with Gasteiger partial charge in [0.2, 0.25) is 0 Å². The van der Waals surface area contributed by atoms with E-state index in [1.54, 1.807) is 0 Å². The van der Waals surface area contributed by atoms with Gasteiger partial charge in [0, 0.05) is 5.56 Å². The Kier molecular flexibility index (Phi) is 2.73. The normalized spacial score (nSPS) is 19.1. The van der Waals surface area contributed by atoms with Crippen LogP contribution in [0.3, 0.4) is 0 Å². The van der Waals surface area contributed by atoms with Crippen LogP contribution in [0.5, 0.6) is 0 Å². The van der Waals surface area contributed by atoms with E-state index in [2.05, 4.69) is 4.74 Å². The molecule has 0 N–H and O–H groups in total. The van der Waals surface area contributed by atoms with Crippen molar-refractivity contribution in [3.8, 4) is 0 Å². The van der Waals surface area contributed by atoms with Gasteiger partial charge in [-0.3, -0.25) is 9.59 Å². The van der Waals surface area contributed by atoms with E-state index in [0.717, 1.165) is 0 Å². The highest BCUT2D eigenvalue weighted by Gasteiger charge is 2.33. The molecule has 2 rings (SSSR count). The summed E-state index contributed by atoms with van der Waals surface area (Å²) < 4.78 is 17.5. The van der Waals surface area contributed by atoms with E-state index in [-0.39, 0.29) is 11.6 Å². The summed E-state index contributed by atoms with van der Waals surface area (Å²) in [5.41, 5.74) is 1.10. The summed E-state index contributed by atoms with van der Waals surface area (Å²) in [5, 5.41) is 0. The number of carbonyl (C=O) groups is 2. The zero-order chi connectivity index (χ0) is 11.7. The lowest BCUT2D eigenvalue weighted by Crippen LogP contribution is -2.30. The third-order valence-corrected chi connectivity index (χ3v) is 2.84. The first-order valence-electron chi connectivity index (χ1n) is 5.04. The maximum Gasteiger partial charge on any atom is 0.316 e. The van der Waals surface area contributed by atoms with E-state index >= 15 is 0 Å². The van der Waals surface area contributed by atoms with E-state index in [0.29, 0.717) is 24.0 Å². The van der Waals surface area contributed by atoms with Crippen molar-refractivity contribution in [3.05, 3.63) is 35.1 Å². The molecule has 1 aromatic rings. The molecule has 0 spiro atoms. The van der Waals surface area contributed by atoms with Gasteiger partial charge in [-0.15, -0.1) is 0 Å². The molecule has 3 nitrogen and oxygen atoms in total. The first-order chi connectivity index (χ1) is 7.63. The third kappa shape index (κ3) is 1.71. The van der Waals surface area contributed by atoms with Crippen LogP contribution < -0.4 is 0 Å². The lowest BCUT2D eigenvalue weighted by Gasteiger charge is -2.21. The molecule has 1 aliphatic rings. The number of Topliss-reactive ketones (excluding diaryl/α,β-unsaturated/α-hetero) is 1. The number of esters is 1. The molecule has 1 aromatic carbocycles. The summed E-state index contributed by atoms with van der Waals surface area (Å²) in [6.45, 7) is 0. The SMILES string of the molecule is COC(=O)C1CCc2cc(F)ccc2C1=O. The maximum atomic E-state index is 12.9. The molecule has 0 aromatic heterocycles. The van der Waals surface area contributed by atoms with Gasteiger partial charge in [0.25, 0.3) is 0 Å². The number of methoxy groups -OCH3 is 1. The smallest absolute Gasteiger partial charge is 0.316 e. The minimum atomic E-state index is -0.733. The van der Waals surface area contributed by atoms with E-state index in [1.165, 1.54) is 25.3 Å². The molecular weight excluding hydrogens is 211 g/mol. The lowest BCUT2D eigenvalue weighted by atomic mass is 9.83. The summed E-state index contributed by atoms with van der Waals surface area (Å²) in [6, 6.07) is 4.01. The molecule has 1 unspecified atom stereocenters. The Labute approximate surface area is 92.2 Å². The lowest BCUT2D eigenvalue weighted by molar-refractivity contribution is -0.143. The van der Waals surface area contributed by atoms with Crippen molar-refractivity contribution in [3.63, 3.8) is 0 Å². The monoisotopic (exact) mass is 222 g/mol. The number of aryl methyl sites for hydroxylation is 1. The summed E-state index contributed by atoms with van der Waals surface area (Å²) in [6.07, 6.45) is 0.917. The Hall–Kier alpha value is -1.71. The largest absolute Gasteiger partial charge is 0.468 e. The highest BCUT2D eigenvalue weighted by molar-refractivity contribution is 6.10. The highest BCUT2D eigenvalue weighted by Crippen LogP contribution is 2.26. The fourth-order valence-corrected chi connectivity index (χ4v) is 2.00. The number of rotatable bonds is 1. The molecule has 0 amide bonds. The van der Waals surface area contributed by atoms with Crippen molar-refractivity contribution in [2.75, 3.05) is 7.11 Å². The van der Waals surface area contributed by atoms with Crippen molar-refractivity contribution in [2.24, 2.45) is 5.92 Å². The number of benzene rings is 1. The Morgan fingerprint density at radius 3 is 2.94 bits per heavy atom. The minimum absolute atomic E-state index is 0.270. The second-order valence-electron chi connectivity index (χ2n) is 3.78. The number of ether oxygens (including phenoxy) is 1. The Morgan fingerprint density at radius 1 is 1.50 bits per heavy atom. The maximum absolute atomic E-state index is 12.9. The van der Waals surface area contributed by atoms with E-state index in [1.807, 2.05) is 0 Å². The van der Waals surface area contributed by atoms with Crippen LogP contribution in [0.25, 0.3) is 0 Å². The van der Waals surface area contributed by atoms with E-state index in [9.17, 15) is 14.0 Å². The van der Waals surface area contributed by atoms with Crippen LogP contribution in [0.15, 0.2) is 18.2 Å². The van der Waals surface area contributed by atoms with Crippen molar-refractivity contribution >= 4 is 11.8 Å². The average molecular weight is 222 g/mol. The van der Waals surface area contributed by atoms with Crippen LogP contribution in [-0.2, 0) is 16.0 Å². The fourth-order valence-electron chi connectivity index (χ4n) is 2.00. The molecule has 16 heavy (non-hydrogen) atoms. The number of hydrogen-bond acceptors (Lipinski definition) is 3. The first kappa shape index (κ1) is 10.8. The van der Waals surface area contributed by atoms with E-state index in [4.69, 9.17) is 0 Å². The van der Waals surface area contributed by atoms with Gasteiger partial charge < -0.3 is 4.74 Å². The van der Waals surface area contributed by atoms with Crippen molar-refractivity contribution < 1.29 is 18.7 Å². The molecule has 0 saturated carbocycles. The molecule has 0 radical (unpaired) electrons. The van der Waals surface area contributed by atoms with Crippen LogP contribution in [0.2, 0.25) is 0 Å². The molecule has 0 fully saturated rings. The predicted octanol–water partition coefficient (Wildman–Crippen LogP) is 1.74. The van der Waals surface area contributed by atoms with Crippen molar-refractivity contribution in [1.29, 1.82) is 0 Å². The second-order valence-corrected chi connectivity index (χ2v) is 3.78. The van der Waals surface area contributed by atoms with Crippen molar-refractivity contribution in [2.45, 2.75) is 12.8 Å². The summed E-state index contributed by atoms with van der Waals surface area (Å²) in [5.74, 6) is -1.88. The van der Waals surface area contributed by atoms with Gasteiger partial charge in [-0.1, -0.05) is 0 Å². The van der Waals surface area contributed by atoms with Gasteiger partial charge >= 0.3 is 5.97 Å². The summed E-state index contributed by atoms with van der Waals surface area (Å²) in [7, 11) is 1.26. The van der Waals surface area contributed by atoms with Crippen LogP contribution in [-0.4, -0.2) is 18.9 Å². The molecule has 1 aliphatic carbocycles. The van der Waals surface area contributed by atoms with Crippen LogP contribution in [0, 0.1) is 11.7 Å². The van der Waals surface area contributed by atoms with Gasteiger partial charge in [0.05, 0.1) is 7.11 Å². The Morgan fingerprint density at radius 2 is 2.25 bits per heavy atom. The quantitative estimate of drug-likeness (QED) is 0.537. The topological polar surface area (TPSA) is 43.4 Å². The Balaban J connectivity index is 2.36. The van der Waals surface area contributed by atoms with Crippen LogP contribution in [0.4, 0.5) is 4.39 Å². The van der Waals surface area contributed by atoms with Gasteiger partial charge in [0.1, 0.15) is 11.7 Å². The van der Waals surface area contributed by atoms with Gasteiger partial charge in [0.15, 0.2) is 5.78 Å². The zero-order valence-corrected chi connectivity index (χ0v) is 8.83. The number of hydrogen-bond donors (Lipinski definition) is 0. The number of carbonyl (C=O) groups excluding carboxylic acids is 2. The molecule has 0 heterocycles. The molecule has 0 saturated heterocycles. The number of halogens is 1. The molecule has 0 bridgehead atoms. The fraction of sp³-hybridized carbons (Fsp3) is 0.333. The average Bonchev–Trinajstić information content (AvgIpc) is 2.28. The molecule has 1 atom stereocenters. The van der Waals surface area contributed by atoms with Gasteiger partial charge in [-0.2, -0.15) is 0 Å². The second kappa shape index (κ2) is 4.04. The first-order valence-corrected chi connectivity index (χ1v) is 5.04. The number of ketones is 1. The molecular formula is C12H11FO3. The zero-order valence-electron chi connectivity index (χ0n) is 8.83. The molecule has 0 aliphatic heterocycles. The standard InChI is InChI=1S/C12H11FO3/c1-16-12(15)10-4-2-7-6-8(13)3-5-9(7)11(10)14/h3,5-6,10H,2,4H2,1H3. The van der Waals surface area contributed by atoms with Crippen LogP contribution in [0.1, 0.15) is 22.3 Å². The number of fused-ring (bicyclic) bond motifs is 1. The van der Waals surface area contributed by atoms with Crippen LogP contribution >= 0.6 is 0 Å². The predicted molar refractivity (Wildman–Crippen MR) is 54.6 cm³/mol. The third-order valence-electron chi connectivity index (χ3n) is 2.84. The van der Waals surface area contributed by atoms with Crippen molar-refractivity contribution in [1.82, 2.24) is 0 Å². The Bertz CT molecular complexity index is 454. The van der Waals surface area contributed by atoms with E-state index < -0.39 is 11.9 Å².